The Morgan fingerprint density at radius 3 is 2.54 bits per heavy atom. The van der Waals surface area contributed by atoms with E-state index in [0.717, 1.165) is 23.0 Å². The van der Waals surface area contributed by atoms with Gasteiger partial charge in [-0.15, -0.1) is 0 Å². The second-order valence-corrected chi connectivity index (χ2v) is 7.15. The van der Waals surface area contributed by atoms with Crippen molar-refractivity contribution in [1.29, 1.82) is 0 Å². The molecule has 1 amide bonds. The molecular weight excluding hydrogens is 322 g/mol. The van der Waals surface area contributed by atoms with Gasteiger partial charge in [-0.1, -0.05) is 30.3 Å². The van der Waals surface area contributed by atoms with Crippen molar-refractivity contribution in [2.45, 2.75) is 26.3 Å². The van der Waals surface area contributed by atoms with Gasteiger partial charge in [-0.2, -0.15) is 0 Å². The van der Waals surface area contributed by atoms with Crippen LogP contribution in [0.25, 0.3) is 10.9 Å². The third-order valence-electron chi connectivity index (χ3n) is 5.11. The van der Waals surface area contributed by atoms with Crippen LogP contribution in [0.2, 0.25) is 0 Å². The highest BCUT2D eigenvalue weighted by Crippen LogP contribution is 2.22. The van der Waals surface area contributed by atoms with Gasteiger partial charge in [0.1, 0.15) is 0 Å². The summed E-state index contributed by atoms with van der Waals surface area (Å²) in [6.07, 6.45) is 0.906. The summed E-state index contributed by atoms with van der Waals surface area (Å²) in [5, 5.41) is 4.22. The Kier molecular flexibility index (Phi) is 5.43. The first-order valence-corrected chi connectivity index (χ1v) is 9.03. The number of nitrogens with zero attached hydrogens (tertiary/aromatic N) is 1. The van der Waals surface area contributed by atoms with Crippen LogP contribution in [-0.2, 0) is 6.42 Å². The molecule has 0 saturated carbocycles. The second kappa shape index (κ2) is 7.75. The van der Waals surface area contributed by atoms with Gasteiger partial charge in [0.15, 0.2) is 0 Å². The molecule has 0 aliphatic rings. The van der Waals surface area contributed by atoms with Crippen molar-refractivity contribution in [3.8, 4) is 0 Å². The number of benzene rings is 2. The standard InChI is InChI=1S/C22H27N3O/c1-15-16(2)24-21-11-10-18(13-20(15)21)22(26)23-14-19(25(3)4)12-17-8-6-5-7-9-17/h5-11,13,19,24H,12,14H2,1-4H3,(H,23,26)/t19-/m1/s1. The number of amides is 1. The monoisotopic (exact) mass is 349 g/mol. The number of hydrogen-bond acceptors (Lipinski definition) is 2. The third-order valence-corrected chi connectivity index (χ3v) is 5.11. The molecule has 1 atom stereocenters. The van der Waals surface area contributed by atoms with E-state index in [2.05, 4.69) is 67.4 Å². The molecule has 1 heterocycles. The predicted octanol–water partition coefficient (Wildman–Crippen LogP) is 3.69. The highest BCUT2D eigenvalue weighted by molar-refractivity contribution is 5.99. The summed E-state index contributed by atoms with van der Waals surface area (Å²) in [4.78, 5) is 18.2. The van der Waals surface area contributed by atoms with Gasteiger partial charge >= 0.3 is 0 Å². The Labute approximate surface area is 155 Å². The molecule has 26 heavy (non-hydrogen) atoms. The molecule has 3 rings (SSSR count). The van der Waals surface area contributed by atoms with E-state index in [1.807, 2.05) is 24.3 Å². The van der Waals surface area contributed by atoms with Crippen LogP contribution < -0.4 is 5.32 Å². The number of likely N-dealkylation sites (N-methyl/N-ethyl adjacent to an activating group) is 1. The topological polar surface area (TPSA) is 48.1 Å². The Morgan fingerprint density at radius 2 is 1.85 bits per heavy atom. The van der Waals surface area contributed by atoms with Crippen LogP contribution in [0.15, 0.2) is 48.5 Å². The molecule has 4 nitrogen and oxygen atoms in total. The van der Waals surface area contributed by atoms with Crippen molar-refractivity contribution in [1.82, 2.24) is 15.2 Å². The maximum atomic E-state index is 12.6. The summed E-state index contributed by atoms with van der Waals surface area (Å²) in [6.45, 7) is 4.75. The van der Waals surface area contributed by atoms with Crippen molar-refractivity contribution < 1.29 is 4.79 Å². The normalized spacial score (nSPS) is 12.5. The first kappa shape index (κ1) is 18.2. The van der Waals surface area contributed by atoms with Gasteiger partial charge in [0.25, 0.3) is 5.91 Å². The number of H-pyrrole nitrogens is 1. The van der Waals surface area contributed by atoms with Crippen molar-refractivity contribution in [3.05, 3.63) is 70.9 Å². The van der Waals surface area contributed by atoms with E-state index < -0.39 is 0 Å². The molecule has 2 aromatic carbocycles. The average molecular weight is 349 g/mol. The van der Waals surface area contributed by atoms with Gasteiger partial charge in [0.2, 0.25) is 0 Å². The van der Waals surface area contributed by atoms with Gasteiger partial charge in [0.05, 0.1) is 0 Å². The lowest BCUT2D eigenvalue weighted by molar-refractivity contribution is 0.0942. The first-order valence-electron chi connectivity index (χ1n) is 9.03. The van der Waals surface area contributed by atoms with Gasteiger partial charge < -0.3 is 15.2 Å². The number of rotatable bonds is 6. The molecule has 0 radical (unpaired) electrons. The lowest BCUT2D eigenvalue weighted by atomic mass is 10.0. The van der Waals surface area contributed by atoms with Crippen molar-refractivity contribution in [3.63, 3.8) is 0 Å². The number of aryl methyl sites for hydroxylation is 2. The minimum absolute atomic E-state index is 0.0231. The van der Waals surface area contributed by atoms with Crippen LogP contribution in [0.5, 0.6) is 0 Å². The van der Waals surface area contributed by atoms with Gasteiger partial charge in [0, 0.05) is 34.7 Å². The summed E-state index contributed by atoms with van der Waals surface area (Å²) in [5.41, 5.74) is 5.40. The molecule has 0 unspecified atom stereocenters. The molecule has 0 aliphatic carbocycles. The minimum atomic E-state index is -0.0231. The summed E-state index contributed by atoms with van der Waals surface area (Å²) in [7, 11) is 4.11. The maximum absolute atomic E-state index is 12.6. The number of aromatic amines is 1. The van der Waals surface area contributed by atoms with Crippen LogP contribution >= 0.6 is 0 Å². The molecule has 4 heteroatoms. The fraction of sp³-hybridized carbons (Fsp3) is 0.318. The van der Waals surface area contributed by atoms with Gasteiger partial charge in [-0.3, -0.25) is 4.79 Å². The van der Waals surface area contributed by atoms with Crippen LogP contribution in [0.4, 0.5) is 0 Å². The zero-order valence-electron chi connectivity index (χ0n) is 16.0. The Bertz CT molecular complexity index is 896. The molecule has 0 aliphatic heterocycles. The van der Waals surface area contributed by atoms with Crippen molar-refractivity contribution >= 4 is 16.8 Å². The molecule has 1 aromatic heterocycles. The van der Waals surface area contributed by atoms with E-state index >= 15 is 0 Å². The highest BCUT2D eigenvalue weighted by Gasteiger charge is 2.15. The molecule has 3 aromatic rings. The van der Waals surface area contributed by atoms with E-state index in [4.69, 9.17) is 0 Å². The lowest BCUT2D eigenvalue weighted by Gasteiger charge is -2.24. The van der Waals surface area contributed by atoms with Gasteiger partial charge in [-0.25, -0.2) is 0 Å². The SMILES string of the molecule is Cc1[nH]c2ccc(C(=O)NC[C@@H](Cc3ccccc3)N(C)C)cc2c1C. The van der Waals surface area contributed by atoms with Gasteiger partial charge in [-0.05, 0) is 63.7 Å². The number of aromatic nitrogens is 1. The zero-order chi connectivity index (χ0) is 18.7. The zero-order valence-corrected chi connectivity index (χ0v) is 16.0. The van der Waals surface area contributed by atoms with E-state index in [-0.39, 0.29) is 11.9 Å². The highest BCUT2D eigenvalue weighted by atomic mass is 16.1. The Morgan fingerprint density at radius 1 is 1.12 bits per heavy atom. The van der Waals surface area contributed by atoms with Crippen LogP contribution in [-0.4, -0.2) is 42.5 Å². The van der Waals surface area contributed by atoms with E-state index in [1.165, 1.54) is 11.1 Å². The second-order valence-electron chi connectivity index (χ2n) is 7.15. The van der Waals surface area contributed by atoms with Crippen molar-refractivity contribution in [2.24, 2.45) is 0 Å². The van der Waals surface area contributed by atoms with E-state index in [0.29, 0.717) is 12.1 Å². The summed E-state index contributed by atoms with van der Waals surface area (Å²) >= 11 is 0. The van der Waals surface area contributed by atoms with Crippen LogP contribution in [0.1, 0.15) is 27.2 Å². The molecule has 0 fully saturated rings. The summed E-state index contributed by atoms with van der Waals surface area (Å²) in [6, 6.07) is 16.5. The van der Waals surface area contributed by atoms with Crippen molar-refractivity contribution in [2.75, 3.05) is 20.6 Å². The molecular formula is C22H27N3O. The number of carbonyl (C=O) groups is 1. The quantitative estimate of drug-likeness (QED) is 0.713. The van der Waals surface area contributed by atoms with Crippen LogP contribution in [0.3, 0.4) is 0 Å². The molecule has 2 N–H and O–H groups in total. The Hall–Kier alpha value is -2.59. The number of carbonyl (C=O) groups excluding carboxylic acids is 1. The summed E-state index contributed by atoms with van der Waals surface area (Å²) in [5.74, 6) is -0.0231. The third kappa shape index (κ3) is 3.97. The fourth-order valence-corrected chi connectivity index (χ4v) is 3.24. The molecule has 0 bridgehead atoms. The number of fused-ring (bicyclic) bond motifs is 1. The van der Waals surface area contributed by atoms with Crippen LogP contribution in [0, 0.1) is 13.8 Å². The van der Waals surface area contributed by atoms with E-state index in [1.54, 1.807) is 0 Å². The number of nitrogens with one attached hydrogen (secondary N) is 2. The fourth-order valence-electron chi connectivity index (χ4n) is 3.24. The maximum Gasteiger partial charge on any atom is 0.251 e. The smallest absolute Gasteiger partial charge is 0.251 e. The molecule has 0 spiro atoms. The largest absolute Gasteiger partial charge is 0.358 e. The van der Waals surface area contributed by atoms with E-state index in [9.17, 15) is 4.79 Å². The molecule has 136 valence electrons. The summed E-state index contributed by atoms with van der Waals surface area (Å²) < 4.78 is 0. The Balaban J connectivity index is 1.69. The first-order chi connectivity index (χ1) is 12.5. The number of hydrogen-bond donors (Lipinski definition) is 2. The predicted molar refractivity (Wildman–Crippen MR) is 108 cm³/mol. The lowest BCUT2D eigenvalue weighted by Crippen LogP contribution is -2.41. The molecule has 0 saturated heterocycles. The average Bonchev–Trinajstić information content (AvgIpc) is 2.92. The minimum Gasteiger partial charge on any atom is -0.358 e.